The average Bonchev–Trinajstić information content (AvgIpc) is 3.63. The lowest BCUT2D eigenvalue weighted by Crippen LogP contribution is -2.23. The summed E-state index contributed by atoms with van der Waals surface area (Å²) in [5.74, 6) is 0.644. The number of anilines is 1. The number of esters is 1. The molecule has 3 aromatic heterocycles. The lowest BCUT2D eigenvalue weighted by molar-refractivity contribution is -0.121. The number of carbonyl (C=O) groups is 2. The van der Waals surface area contributed by atoms with Crippen LogP contribution in [0.3, 0.4) is 0 Å². The third-order valence-electron chi connectivity index (χ3n) is 5.37. The van der Waals surface area contributed by atoms with Crippen LogP contribution in [0.4, 0.5) is 5.82 Å². The summed E-state index contributed by atoms with van der Waals surface area (Å²) >= 11 is 0. The molecule has 186 valence electrons. The van der Waals surface area contributed by atoms with Crippen LogP contribution in [0.1, 0.15) is 23.0 Å². The van der Waals surface area contributed by atoms with Crippen molar-refractivity contribution in [3.8, 4) is 22.8 Å². The normalized spacial score (nSPS) is 11.3. The first-order valence-electron chi connectivity index (χ1n) is 11.3. The molecule has 12 heteroatoms. The van der Waals surface area contributed by atoms with Crippen LogP contribution in [-0.4, -0.2) is 44.6 Å². The monoisotopic (exact) mass is 499 g/mol. The number of para-hydroxylation sites is 2. The Bertz CT molecular complexity index is 1600. The van der Waals surface area contributed by atoms with Gasteiger partial charge in [-0.25, -0.2) is 19.8 Å². The first-order chi connectivity index (χ1) is 18.0. The van der Waals surface area contributed by atoms with E-state index in [9.17, 15) is 9.59 Å². The van der Waals surface area contributed by atoms with Gasteiger partial charge in [-0.1, -0.05) is 24.3 Å². The zero-order valence-electron chi connectivity index (χ0n) is 19.6. The van der Waals surface area contributed by atoms with Crippen molar-refractivity contribution in [3.05, 3.63) is 72.0 Å². The van der Waals surface area contributed by atoms with Gasteiger partial charge in [-0.15, -0.1) is 0 Å². The Balaban J connectivity index is 1.26. The molecule has 0 spiro atoms. The molecule has 0 saturated carbocycles. The van der Waals surface area contributed by atoms with Gasteiger partial charge in [0.2, 0.25) is 0 Å². The zero-order chi connectivity index (χ0) is 25.8. The summed E-state index contributed by atoms with van der Waals surface area (Å²) in [4.78, 5) is 29.0. The van der Waals surface area contributed by atoms with Gasteiger partial charge in [0.25, 0.3) is 5.91 Å². The topological polar surface area (TPSA) is 164 Å². The number of imidazole rings is 1. The lowest BCUT2D eigenvalue weighted by atomic mass is 10.1. The maximum atomic E-state index is 12.7. The maximum Gasteiger partial charge on any atom is 0.338 e. The van der Waals surface area contributed by atoms with Crippen LogP contribution in [0.25, 0.3) is 33.9 Å². The Hall–Kier alpha value is -5.26. The minimum atomic E-state index is -0.406. The zero-order valence-corrected chi connectivity index (χ0v) is 19.6. The van der Waals surface area contributed by atoms with Crippen LogP contribution in [0.15, 0.2) is 74.8 Å². The van der Waals surface area contributed by atoms with E-state index in [0.717, 1.165) is 5.56 Å². The predicted octanol–water partition coefficient (Wildman–Crippen LogP) is 3.26. The molecule has 3 heterocycles. The van der Waals surface area contributed by atoms with Gasteiger partial charge in [-0.3, -0.25) is 4.79 Å². The molecule has 2 aromatic carbocycles. The molecule has 0 aliphatic carbocycles. The summed E-state index contributed by atoms with van der Waals surface area (Å²) in [5.41, 5.74) is 11.2. The quantitative estimate of drug-likeness (QED) is 0.185. The molecule has 0 aliphatic rings. The van der Waals surface area contributed by atoms with E-state index in [1.54, 1.807) is 47.9 Å². The molecule has 3 N–H and O–H groups in total. The predicted molar refractivity (Wildman–Crippen MR) is 133 cm³/mol. The van der Waals surface area contributed by atoms with Crippen LogP contribution in [0.5, 0.6) is 0 Å². The number of furan rings is 1. The number of carbonyl (C=O) groups excluding carboxylic acids is 2. The second kappa shape index (κ2) is 10.2. The fraction of sp³-hybridized carbons (Fsp3) is 0.120. The Morgan fingerprint density at radius 2 is 1.92 bits per heavy atom. The van der Waals surface area contributed by atoms with Crippen molar-refractivity contribution in [2.45, 2.75) is 13.5 Å². The summed E-state index contributed by atoms with van der Waals surface area (Å²) in [6.07, 6.45) is 1.39. The Labute approximate surface area is 209 Å². The fourth-order valence-electron chi connectivity index (χ4n) is 3.68. The van der Waals surface area contributed by atoms with Crippen LogP contribution in [0, 0.1) is 0 Å². The van der Waals surface area contributed by atoms with Gasteiger partial charge in [0.15, 0.2) is 17.3 Å². The van der Waals surface area contributed by atoms with Gasteiger partial charge in [0, 0.05) is 5.56 Å². The van der Waals surface area contributed by atoms with E-state index in [1.807, 2.05) is 24.3 Å². The summed E-state index contributed by atoms with van der Waals surface area (Å²) in [7, 11) is 0. The largest absolute Gasteiger partial charge is 0.462 e. The van der Waals surface area contributed by atoms with E-state index >= 15 is 0 Å². The SMILES string of the molecule is CCOC(=O)c1ccc(-c2ccc(C=NNC(=O)Cn3c(-c4nonc4N)nc4ccccc43)o2)cc1. The number of nitrogens with one attached hydrogen (secondary N) is 1. The lowest BCUT2D eigenvalue weighted by Gasteiger charge is -2.06. The number of hydrogen-bond acceptors (Lipinski definition) is 10. The second-order valence-corrected chi connectivity index (χ2v) is 7.80. The van der Waals surface area contributed by atoms with Crippen molar-refractivity contribution in [2.24, 2.45) is 5.10 Å². The molecule has 12 nitrogen and oxygen atoms in total. The summed E-state index contributed by atoms with van der Waals surface area (Å²) in [6, 6.07) is 17.7. The highest BCUT2D eigenvalue weighted by atomic mass is 16.6. The molecule has 0 fully saturated rings. The minimum Gasteiger partial charge on any atom is -0.462 e. The number of hydrogen-bond donors (Lipinski definition) is 2. The van der Waals surface area contributed by atoms with E-state index in [4.69, 9.17) is 19.5 Å². The number of nitrogens with two attached hydrogens (primary N) is 1. The number of nitrogens with zero attached hydrogens (tertiary/aromatic N) is 5. The molecular weight excluding hydrogens is 478 g/mol. The number of hydrazone groups is 1. The minimum absolute atomic E-state index is 0.0686. The van der Waals surface area contributed by atoms with Crippen LogP contribution >= 0.6 is 0 Å². The van der Waals surface area contributed by atoms with Crippen LogP contribution in [0.2, 0.25) is 0 Å². The van der Waals surface area contributed by atoms with Crippen molar-refractivity contribution >= 4 is 34.9 Å². The molecule has 0 bridgehead atoms. The average molecular weight is 499 g/mol. The summed E-state index contributed by atoms with van der Waals surface area (Å²) < 4.78 is 17.1. The number of benzene rings is 2. The Morgan fingerprint density at radius 3 is 2.68 bits per heavy atom. The molecule has 1 amide bonds. The van der Waals surface area contributed by atoms with E-state index in [-0.39, 0.29) is 24.0 Å². The molecule has 5 rings (SSSR count). The molecule has 37 heavy (non-hydrogen) atoms. The van der Waals surface area contributed by atoms with Gasteiger partial charge in [0.1, 0.15) is 18.1 Å². The second-order valence-electron chi connectivity index (χ2n) is 7.80. The van der Waals surface area contributed by atoms with Crippen molar-refractivity contribution in [3.63, 3.8) is 0 Å². The van der Waals surface area contributed by atoms with Crippen LogP contribution in [-0.2, 0) is 16.1 Å². The Morgan fingerprint density at radius 1 is 1.11 bits per heavy atom. The Kier molecular flexibility index (Phi) is 6.45. The fourth-order valence-corrected chi connectivity index (χ4v) is 3.68. The van der Waals surface area contributed by atoms with Gasteiger partial charge in [-0.2, -0.15) is 5.10 Å². The third-order valence-corrected chi connectivity index (χ3v) is 5.37. The maximum absolute atomic E-state index is 12.7. The van der Waals surface area contributed by atoms with Crippen LogP contribution < -0.4 is 11.2 Å². The van der Waals surface area contributed by atoms with Gasteiger partial charge >= 0.3 is 5.97 Å². The first-order valence-corrected chi connectivity index (χ1v) is 11.3. The van der Waals surface area contributed by atoms with Gasteiger partial charge in [0.05, 0.1) is 29.4 Å². The molecule has 0 unspecified atom stereocenters. The summed E-state index contributed by atoms with van der Waals surface area (Å²) in [5, 5.41) is 11.4. The highest BCUT2D eigenvalue weighted by Gasteiger charge is 2.20. The highest BCUT2D eigenvalue weighted by Crippen LogP contribution is 2.26. The van der Waals surface area contributed by atoms with Gasteiger partial charge in [-0.05, 0) is 53.6 Å². The van der Waals surface area contributed by atoms with Crippen molar-refractivity contribution in [1.82, 2.24) is 25.3 Å². The first kappa shape index (κ1) is 23.5. The molecule has 0 saturated heterocycles. The summed E-state index contributed by atoms with van der Waals surface area (Å²) in [6.45, 7) is 1.96. The number of rotatable bonds is 8. The van der Waals surface area contributed by atoms with E-state index < -0.39 is 5.91 Å². The number of ether oxygens (including phenoxy) is 1. The molecule has 5 aromatic rings. The van der Waals surface area contributed by atoms with Crippen molar-refractivity contribution in [2.75, 3.05) is 12.3 Å². The number of amides is 1. The standard InChI is InChI=1S/C25H21N7O5/c1-2-35-25(34)16-9-7-15(8-10-16)20-12-11-17(36-20)13-27-29-21(33)14-32-19-6-4-3-5-18(19)28-24(32)22-23(26)31-37-30-22/h3-13H,2,14H2,1H3,(H2,26,31)(H,29,33). The molecule has 0 radical (unpaired) electrons. The molecule has 0 atom stereocenters. The van der Waals surface area contributed by atoms with Gasteiger partial charge < -0.3 is 19.5 Å². The smallest absolute Gasteiger partial charge is 0.338 e. The van der Waals surface area contributed by atoms with E-state index in [0.29, 0.717) is 40.5 Å². The number of aromatic nitrogens is 4. The third kappa shape index (κ3) is 4.93. The molecule has 0 aliphatic heterocycles. The number of nitrogen functional groups attached to an aromatic ring is 1. The highest BCUT2D eigenvalue weighted by molar-refractivity contribution is 5.90. The van der Waals surface area contributed by atoms with Crippen molar-refractivity contribution < 1.29 is 23.4 Å². The van der Waals surface area contributed by atoms with E-state index in [2.05, 4.69) is 25.8 Å². The molecular formula is C25H21N7O5. The van der Waals surface area contributed by atoms with Crippen molar-refractivity contribution in [1.29, 1.82) is 0 Å². The number of fused-ring (bicyclic) bond motifs is 1. The van der Waals surface area contributed by atoms with E-state index in [1.165, 1.54) is 6.21 Å².